The molecule has 1 aliphatic rings. The molecule has 5 nitrogen and oxygen atoms in total. The van der Waals surface area contributed by atoms with Crippen LogP contribution in [0.2, 0.25) is 5.02 Å². The first-order valence-corrected chi connectivity index (χ1v) is 11.3. The molecule has 0 N–H and O–H groups in total. The number of benzene rings is 3. The summed E-state index contributed by atoms with van der Waals surface area (Å²) in [6.07, 6.45) is 0.644. The highest BCUT2D eigenvalue weighted by atomic mass is 35.5. The van der Waals surface area contributed by atoms with E-state index in [1.165, 1.54) is 22.5 Å². The Labute approximate surface area is 180 Å². The van der Waals surface area contributed by atoms with Crippen molar-refractivity contribution in [3.8, 4) is 5.75 Å². The van der Waals surface area contributed by atoms with E-state index >= 15 is 0 Å². The van der Waals surface area contributed by atoms with Crippen LogP contribution >= 0.6 is 11.6 Å². The fourth-order valence-electron chi connectivity index (χ4n) is 3.49. The molecule has 4 rings (SSSR count). The van der Waals surface area contributed by atoms with Crippen molar-refractivity contribution >= 4 is 27.6 Å². The van der Waals surface area contributed by atoms with Crippen LogP contribution < -0.4 is 4.74 Å². The van der Waals surface area contributed by atoms with Gasteiger partial charge in [-0.1, -0.05) is 48.0 Å². The van der Waals surface area contributed by atoms with E-state index in [-0.39, 0.29) is 15.5 Å². The molecule has 3 aromatic rings. The zero-order chi connectivity index (χ0) is 21.3. The number of nitrogens with zero attached hydrogens (tertiary/aromatic N) is 1. The van der Waals surface area contributed by atoms with Crippen LogP contribution in [0.1, 0.15) is 27.0 Å². The molecule has 0 spiro atoms. The summed E-state index contributed by atoms with van der Waals surface area (Å²) in [7, 11) is -3.79. The lowest BCUT2D eigenvalue weighted by Gasteiger charge is -2.28. The van der Waals surface area contributed by atoms with Gasteiger partial charge < -0.3 is 4.74 Å². The Kier molecular flexibility index (Phi) is 5.64. The van der Waals surface area contributed by atoms with Gasteiger partial charge in [-0.15, -0.1) is 0 Å². The van der Waals surface area contributed by atoms with Gasteiger partial charge in [0.25, 0.3) is 0 Å². The van der Waals surface area contributed by atoms with E-state index in [4.69, 9.17) is 16.3 Å². The number of hydrogen-bond acceptors (Lipinski definition) is 4. The molecule has 30 heavy (non-hydrogen) atoms. The van der Waals surface area contributed by atoms with Crippen molar-refractivity contribution in [2.45, 2.75) is 24.8 Å². The minimum absolute atomic E-state index is 0.0108. The zero-order valence-electron chi connectivity index (χ0n) is 16.3. The predicted molar refractivity (Wildman–Crippen MR) is 115 cm³/mol. The maximum atomic E-state index is 13.2. The maximum absolute atomic E-state index is 13.2. The Bertz CT molecular complexity index is 1220. The molecule has 1 heterocycles. The van der Waals surface area contributed by atoms with Crippen LogP contribution in [-0.4, -0.2) is 25.2 Å². The largest absolute Gasteiger partial charge is 0.423 e. The molecule has 0 amide bonds. The number of carbonyl (C=O) groups excluding carboxylic acids is 1. The van der Waals surface area contributed by atoms with Gasteiger partial charge in [0.05, 0.1) is 15.5 Å². The lowest BCUT2D eigenvalue weighted by atomic mass is 10.0. The molecule has 1 aliphatic heterocycles. The minimum atomic E-state index is -3.79. The van der Waals surface area contributed by atoms with Gasteiger partial charge in [-0.2, -0.15) is 4.31 Å². The molecule has 0 aromatic heterocycles. The minimum Gasteiger partial charge on any atom is -0.423 e. The van der Waals surface area contributed by atoms with Crippen molar-refractivity contribution in [1.82, 2.24) is 4.31 Å². The fraction of sp³-hybridized carbons (Fsp3) is 0.174. The number of rotatable bonds is 4. The Hall–Kier alpha value is -2.67. The van der Waals surface area contributed by atoms with Gasteiger partial charge in [-0.25, -0.2) is 13.2 Å². The molecule has 154 valence electrons. The number of sulfonamides is 1. The van der Waals surface area contributed by atoms with Crippen LogP contribution in [0.15, 0.2) is 71.6 Å². The molecule has 0 fully saturated rings. The summed E-state index contributed by atoms with van der Waals surface area (Å²) in [6.45, 7) is 2.56. The molecular formula is C23H20ClNO4S. The summed E-state index contributed by atoms with van der Waals surface area (Å²) in [6, 6.07) is 19.0. The van der Waals surface area contributed by atoms with E-state index in [1.807, 2.05) is 37.3 Å². The van der Waals surface area contributed by atoms with E-state index in [0.29, 0.717) is 25.3 Å². The lowest BCUT2D eigenvalue weighted by molar-refractivity contribution is 0.0734. The quantitative estimate of drug-likeness (QED) is 0.438. The second-order valence-electron chi connectivity index (χ2n) is 7.20. The van der Waals surface area contributed by atoms with Crippen molar-refractivity contribution in [2.24, 2.45) is 0 Å². The first-order chi connectivity index (χ1) is 14.3. The third-order valence-corrected chi connectivity index (χ3v) is 7.26. The predicted octanol–water partition coefficient (Wildman–Crippen LogP) is 4.61. The highest BCUT2D eigenvalue weighted by Gasteiger charge is 2.29. The Morgan fingerprint density at radius 2 is 1.77 bits per heavy atom. The van der Waals surface area contributed by atoms with Crippen molar-refractivity contribution in [3.05, 3.63) is 94.0 Å². The molecule has 0 unspecified atom stereocenters. The van der Waals surface area contributed by atoms with Crippen molar-refractivity contribution < 1.29 is 17.9 Å². The number of hydrogen-bond donors (Lipinski definition) is 0. The maximum Gasteiger partial charge on any atom is 0.345 e. The van der Waals surface area contributed by atoms with Crippen LogP contribution in [0.5, 0.6) is 5.75 Å². The monoisotopic (exact) mass is 441 g/mol. The van der Waals surface area contributed by atoms with Crippen LogP contribution in [0, 0.1) is 6.92 Å². The normalized spacial score (nSPS) is 14.2. The van der Waals surface area contributed by atoms with Crippen LogP contribution in [0.3, 0.4) is 0 Å². The summed E-state index contributed by atoms with van der Waals surface area (Å²) < 4.78 is 33.2. The number of esters is 1. The number of fused-ring (bicyclic) bond motifs is 1. The van der Waals surface area contributed by atoms with Crippen LogP contribution in [0.4, 0.5) is 0 Å². The van der Waals surface area contributed by atoms with E-state index in [0.717, 1.165) is 16.7 Å². The van der Waals surface area contributed by atoms with Crippen molar-refractivity contribution in [3.63, 3.8) is 0 Å². The summed E-state index contributed by atoms with van der Waals surface area (Å²) in [5.41, 5.74) is 3.09. The zero-order valence-corrected chi connectivity index (χ0v) is 17.9. The summed E-state index contributed by atoms with van der Waals surface area (Å²) in [5, 5.41) is 0.135. The van der Waals surface area contributed by atoms with Gasteiger partial charge in [0.15, 0.2) is 0 Å². The summed E-state index contributed by atoms with van der Waals surface area (Å²) in [4.78, 5) is 12.7. The lowest BCUT2D eigenvalue weighted by Crippen LogP contribution is -2.36. The molecule has 3 aromatic carbocycles. The first kappa shape index (κ1) is 20.6. The molecule has 0 radical (unpaired) electrons. The van der Waals surface area contributed by atoms with E-state index in [1.54, 1.807) is 18.2 Å². The van der Waals surface area contributed by atoms with Gasteiger partial charge in [-0.05, 0) is 60.4 Å². The standard InChI is InChI=1S/C23H20ClNO4S/c1-16-5-4-8-19(13-16)29-23(26)21-14-20(9-10-22(21)24)30(27,28)25-12-11-17-6-2-3-7-18(17)15-25/h2-10,13-14H,11-12,15H2,1H3. The average Bonchev–Trinajstić information content (AvgIpc) is 2.73. The highest BCUT2D eigenvalue weighted by Crippen LogP contribution is 2.28. The number of carbonyl (C=O) groups is 1. The molecule has 0 bridgehead atoms. The van der Waals surface area contributed by atoms with Gasteiger partial charge in [-0.3, -0.25) is 0 Å². The molecular weight excluding hydrogens is 422 g/mol. The molecule has 0 aliphatic carbocycles. The Balaban J connectivity index is 1.61. The van der Waals surface area contributed by atoms with Gasteiger partial charge >= 0.3 is 5.97 Å². The number of aryl methyl sites for hydroxylation is 1. The van der Waals surface area contributed by atoms with Gasteiger partial charge in [0.2, 0.25) is 10.0 Å². The number of ether oxygens (including phenoxy) is 1. The Morgan fingerprint density at radius 1 is 1.00 bits per heavy atom. The average molecular weight is 442 g/mol. The molecule has 7 heteroatoms. The topological polar surface area (TPSA) is 63.7 Å². The third kappa shape index (κ3) is 4.12. The van der Waals surface area contributed by atoms with Gasteiger partial charge in [0, 0.05) is 13.1 Å². The molecule has 0 atom stereocenters. The van der Waals surface area contributed by atoms with E-state index in [9.17, 15) is 13.2 Å². The van der Waals surface area contributed by atoms with Crippen LogP contribution in [-0.2, 0) is 23.0 Å². The SMILES string of the molecule is Cc1cccc(OC(=O)c2cc(S(=O)(=O)N3CCc4ccccc4C3)ccc2Cl)c1. The Morgan fingerprint density at radius 3 is 2.53 bits per heavy atom. The summed E-state index contributed by atoms with van der Waals surface area (Å²) in [5.74, 6) is -0.330. The van der Waals surface area contributed by atoms with Crippen molar-refractivity contribution in [1.29, 1.82) is 0 Å². The smallest absolute Gasteiger partial charge is 0.345 e. The number of halogens is 1. The second kappa shape index (κ2) is 8.22. The van der Waals surface area contributed by atoms with Gasteiger partial charge in [0.1, 0.15) is 5.75 Å². The van der Waals surface area contributed by atoms with Crippen molar-refractivity contribution in [2.75, 3.05) is 6.54 Å². The van der Waals surface area contributed by atoms with E-state index in [2.05, 4.69) is 0 Å². The molecule has 0 saturated heterocycles. The molecule has 0 saturated carbocycles. The second-order valence-corrected chi connectivity index (χ2v) is 9.55. The third-order valence-electron chi connectivity index (χ3n) is 5.09. The van der Waals surface area contributed by atoms with E-state index < -0.39 is 16.0 Å². The summed E-state index contributed by atoms with van der Waals surface area (Å²) >= 11 is 6.18. The van der Waals surface area contributed by atoms with Crippen LogP contribution in [0.25, 0.3) is 0 Å². The fourth-order valence-corrected chi connectivity index (χ4v) is 5.13. The first-order valence-electron chi connectivity index (χ1n) is 9.50. The highest BCUT2D eigenvalue weighted by molar-refractivity contribution is 7.89.